The van der Waals surface area contributed by atoms with Gasteiger partial charge < -0.3 is 14.6 Å². The van der Waals surface area contributed by atoms with Crippen LogP contribution in [-0.2, 0) is 6.42 Å². The fourth-order valence-corrected chi connectivity index (χ4v) is 3.12. The Balaban J connectivity index is 2.28. The average molecular weight is 417 g/mol. The monoisotopic (exact) mass is 416 g/mol. The Kier molecular flexibility index (Phi) is 5.82. The first kappa shape index (κ1) is 20.1. The first-order chi connectivity index (χ1) is 13.3. The zero-order chi connectivity index (χ0) is 20.4. The molecule has 0 aliphatic rings. The van der Waals surface area contributed by atoms with Gasteiger partial charge in [-0.1, -0.05) is 47.0 Å². The normalized spacial score (nSPS) is 11.3. The predicted molar refractivity (Wildman–Crippen MR) is 114 cm³/mol. The number of phenolic OH excluding ortho intramolecular Hbond substituents is 2. The number of hydrogen-bond donors (Lipinski definition) is 2. The Morgan fingerprint density at radius 2 is 1.86 bits per heavy atom. The van der Waals surface area contributed by atoms with Gasteiger partial charge in [-0.25, -0.2) is 0 Å². The topological polar surface area (TPSA) is 70.7 Å². The van der Waals surface area contributed by atoms with Crippen LogP contribution in [0.2, 0.25) is 10.0 Å². The lowest BCUT2D eigenvalue weighted by molar-refractivity contribution is 0.452. The summed E-state index contributed by atoms with van der Waals surface area (Å²) in [4.78, 5) is 13.1. The molecule has 0 saturated heterocycles. The molecule has 28 heavy (non-hydrogen) atoms. The van der Waals surface area contributed by atoms with E-state index in [2.05, 4.69) is 0 Å². The van der Waals surface area contributed by atoms with Crippen LogP contribution in [-0.4, -0.2) is 10.2 Å². The lowest BCUT2D eigenvalue weighted by atomic mass is 10.0. The molecule has 0 atom stereocenters. The van der Waals surface area contributed by atoms with E-state index in [0.717, 1.165) is 11.6 Å². The van der Waals surface area contributed by atoms with E-state index < -0.39 is 0 Å². The summed E-state index contributed by atoms with van der Waals surface area (Å²) in [5.74, 6) is -0.230. The number of phenols is 2. The molecule has 1 heterocycles. The van der Waals surface area contributed by atoms with E-state index in [1.165, 1.54) is 6.07 Å². The number of halogens is 2. The van der Waals surface area contributed by atoms with Gasteiger partial charge in [-0.15, -0.1) is 0 Å². The Morgan fingerprint density at radius 3 is 2.54 bits per heavy atom. The molecule has 3 aromatic rings. The highest BCUT2D eigenvalue weighted by Gasteiger charge is 2.19. The Bertz CT molecular complexity index is 1170. The van der Waals surface area contributed by atoms with Gasteiger partial charge in [-0.2, -0.15) is 0 Å². The number of rotatable bonds is 4. The summed E-state index contributed by atoms with van der Waals surface area (Å²) in [6.45, 7) is 3.95. The summed E-state index contributed by atoms with van der Waals surface area (Å²) in [6.07, 6.45) is 5.91. The third-order valence-corrected chi connectivity index (χ3v) is 4.86. The first-order valence-electron chi connectivity index (χ1n) is 8.55. The van der Waals surface area contributed by atoms with Gasteiger partial charge in [0.25, 0.3) is 0 Å². The van der Waals surface area contributed by atoms with Crippen molar-refractivity contribution in [3.05, 3.63) is 80.0 Å². The number of hydrogen-bond acceptors (Lipinski definition) is 4. The van der Waals surface area contributed by atoms with E-state index in [4.69, 9.17) is 27.6 Å². The molecule has 0 aliphatic carbocycles. The van der Waals surface area contributed by atoms with Crippen LogP contribution in [0.3, 0.4) is 0 Å². The Hall–Kier alpha value is -2.69. The maximum Gasteiger partial charge on any atom is 0.200 e. The average Bonchev–Trinajstić information content (AvgIpc) is 2.61. The van der Waals surface area contributed by atoms with Gasteiger partial charge in [0.05, 0.1) is 10.0 Å². The molecule has 144 valence electrons. The van der Waals surface area contributed by atoms with Gasteiger partial charge in [0.2, 0.25) is 5.43 Å². The highest BCUT2D eigenvalue weighted by molar-refractivity contribution is 6.42. The molecule has 1 aromatic heterocycles. The fourth-order valence-electron chi connectivity index (χ4n) is 2.82. The molecule has 0 fully saturated rings. The van der Waals surface area contributed by atoms with E-state index in [-0.39, 0.29) is 34.3 Å². The van der Waals surface area contributed by atoms with Crippen LogP contribution in [0, 0.1) is 0 Å². The van der Waals surface area contributed by atoms with Crippen molar-refractivity contribution >= 4 is 34.2 Å². The summed E-state index contributed by atoms with van der Waals surface area (Å²) >= 11 is 12.1. The quantitative estimate of drug-likeness (QED) is 0.493. The van der Waals surface area contributed by atoms with Crippen LogP contribution in [0.5, 0.6) is 11.5 Å². The Labute approximate surface area is 172 Å². The van der Waals surface area contributed by atoms with Crippen LogP contribution >= 0.6 is 23.2 Å². The molecule has 0 unspecified atom stereocenters. The molecule has 0 spiro atoms. The molecule has 0 radical (unpaired) electrons. The van der Waals surface area contributed by atoms with Crippen LogP contribution in [0.1, 0.15) is 19.4 Å². The standard InChI is InChI=1S/C22H18Cl2O4/c1-12(2)5-3-4-6-15-21(27)20-18(26)10-14(25)11-19(20)28-22(15)13-7-8-16(23)17(24)9-13/h3-5,7-11,25-26H,6H2,1-2H3/b4-3-. The van der Waals surface area contributed by atoms with Crippen molar-refractivity contribution in [1.29, 1.82) is 0 Å². The van der Waals surface area contributed by atoms with Crippen molar-refractivity contribution in [2.24, 2.45) is 0 Å². The second-order valence-electron chi connectivity index (χ2n) is 6.58. The SMILES string of the molecule is CC(C)=C/C=C\Cc1c(-c2ccc(Cl)c(Cl)c2)oc2cc(O)cc(O)c2c1=O. The zero-order valence-electron chi connectivity index (χ0n) is 15.3. The molecule has 0 bridgehead atoms. The van der Waals surface area contributed by atoms with Crippen molar-refractivity contribution in [2.75, 3.05) is 0 Å². The second-order valence-corrected chi connectivity index (χ2v) is 7.40. The highest BCUT2D eigenvalue weighted by Crippen LogP contribution is 2.35. The van der Waals surface area contributed by atoms with Gasteiger partial charge in [0, 0.05) is 23.3 Å². The third kappa shape index (κ3) is 4.08. The van der Waals surface area contributed by atoms with E-state index in [0.29, 0.717) is 26.9 Å². The number of benzene rings is 2. The molecular weight excluding hydrogens is 399 g/mol. The smallest absolute Gasteiger partial charge is 0.200 e. The molecule has 2 N–H and O–H groups in total. The van der Waals surface area contributed by atoms with Crippen molar-refractivity contribution in [2.45, 2.75) is 20.3 Å². The van der Waals surface area contributed by atoms with Crippen LogP contribution in [0.25, 0.3) is 22.3 Å². The molecule has 0 aliphatic heterocycles. The van der Waals surface area contributed by atoms with Gasteiger partial charge >= 0.3 is 0 Å². The molecular formula is C22H18Cl2O4. The molecule has 3 rings (SSSR count). The molecule has 4 nitrogen and oxygen atoms in total. The predicted octanol–water partition coefficient (Wildman–Crippen LogP) is 6.24. The highest BCUT2D eigenvalue weighted by atomic mass is 35.5. The molecule has 2 aromatic carbocycles. The van der Waals surface area contributed by atoms with Crippen LogP contribution in [0.4, 0.5) is 0 Å². The minimum atomic E-state index is -0.373. The largest absolute Gasteiger partial charge is 0.508 e. The molecule has 0 saturated carbocycles. The van der Waals surface area contributed by atoms with Crippen molar-refractivity contribution < 1.29 is 14.6 Å². The summed E-state index contributed by atoms with van der Waals surface area (Å²) in [5.41, 5.74) is 1.77. The second kappa shape index (κ2) is 8.13. The summed E-state index contributed by atoms with van der Waals surface area (Å²) < 4.78 is 5.92. The van der Waals surface area contributed by atoms with Crippen molar-refractivity contribution in [3.8, 4) is 22.8 Å². The third-order valence-electron chi connectivity index (χ3n) is 4.12. The van der Waals surface area contributed by atoms with E-state index in [9.17, 15) is 15.0 Å². The maximum atomic E-state index is 13.1. The van der Waals surface area contributed by atoms with E-state index in [1.807, 2.05) is 32.1 Å². The van der Waals surface area contributed by atoms with Crippen molar-refractivity contribution in [3.63, 3.8) is 0 Å². The van der Waals surface area contributed by atoms with Crippen LogP contribution < -0.4 is 5.43 Å². The number of aromatic hydroxyl groups is 2. The van der Waals surface area contributed by atoms with Gasteiger partial charge in [0.1, 0.15) is 28.2 Å². The van der Waals surface area contributed by atoms with Crippen LogP contribution in [0.15, 0.2) is 63.3 Å². The minimum Gasteiger partial charge on any atom is -0.508 e. The lowest BCUT2D eigenvalue weighted by Crippen LogP contribution is -2.11. The number of fused-ring (bicyclic) bond motifs is 1. The maximum absolute atomic E-state index is 13.1. The summed E-state index contributed by atoms with van der Waals surface area (Å²) in [6, 6.07) is 7.33. The van der Waals surface area contributed by atoms with Gasteiger partial charge in [-0.05, 0) is 38.5 Å². The fraction of sp³-hybridized carbons (Fsp3) is 0.136. The van der Waals surface area contributed by atoms with E-state index in [1.54, 1.807) is 18.2 Å². The molecule has 0 amide bonds. The summed E-state index contributed by atoms with van der Waals surface area (Å²) in [7, 11) is 0. The number of allylic oxidation sites excluding steroid dienone is 4. The van der Waals surface area contributed by atoms with E-state index >= 15 is 0 Å². The first-order valence-corrected chi connectivity index (χ1v) is 9.30. The summed E-state index contributed by atoms with van der Waals surface area (Å²) in [5, 5.41) is 20.6. The molecule has 6 heteroatoms. The van der Waals surface area contributed by atoms with Gasteiger partial charge in [0.15, 0.2) is 0 Å². The zero-order valence-corrected chi connectivity index (χ0v) is 16.8. The van der Waals surface area contributed by atoms with Gasteiger partial charge in [-0.3, -0.25) is 4.79 Å². The van der Waals surface area contributed by atoms with Crippen molar-refractivity contribution in [1.82, 2.24) is 0 Å². The minimum absolute atomic E-state index is 0.0206. The Morgan fingerprint density at radius 1 is 1.11 bits per heavy atom. The lowest BCUT2D eigenvalue weighted by Gasteiger charge is -2.11.